The molecule has 1 saturated carbocycles. The van der Waals surface area contributed by atoms with Gasteiger partial charge in [0.25, 0.3) is 0 Å². The zero-order valence-electron chi connectivity index (χ0n) is 16.4. The van der Waals surface area contributed by atoms with Crippen LogP contribution >= 0.6 is 0 Å². The van der Waals surface area contributed by atoms with Gasteiger partial charge in [0, 0.05) is 53.9 Å². The maximum Gasteiger partial charge on any atom is 0.211 e. The number of carbonyl (C=O) groups is 1. The van der Waals surface area contributed by atoms with Crippen molar-refractivity contribution < 1.29 is 9.53 Å². The summed E-state index contributed by atoms with van der Waals surface area (Å²) in [5, 5.41) is 6.24. The molecule has 2 saturated heterocycles. The highest BCUT2D eigenvalue weighted by molar-refractivity contribution is 5.71. The van der Waals surface area contributed by atoms with Gasteiger partial charge in [-0.1, -0.05) is 11.8 Å². The molecular weight excluding hydrogens is 362 g/mol. The summed E-state index contributed by atoms with van der Waals surface area (Å²) in [5.74, 6) is 7.19. The van der Waals surface area contributed by atoms with Gasteiger partial charge in [-0.15, -0.1) is 0 Å². The number of carbonyl (C=O) groups excluding carboxylic acids is 1. The maximum absolute atomic E-state index is 10.4. The van der Waals surface area contributed by atoms with E-state index in [1.165, 1.54) is 19.5 Å². The van der Waals surface area contributed by atoms with Crippen molar-refractivity contribution >= 4 is 12.1 Å². The standard InChI is InChI=1S/C24H25N3O2/c28-17-26-20-8-4-18(5-9-20)2-3-19-6-10-21(11-7-19)29-13-1-12-27-16-24-14-22(24)25-15-23(24)27/h4-11,17,22-23,25H,1,12-16H2,(H,26,28). The summed E-state index contributed by atoms with van der Waals surface area (Å²) in [6, 6.07) is 17.0. The zero-order chi connectivity index (χ0) is 19.7. The molecule has 0 aromatic heterocycles. The normalized spacial score (nSPS) is 26.3. The number of hydrogen-bond acceptors (Lipinski definition) is 4. The van der Waals surface area contributed by atoms with Gasteiger partial charge in [-0.2, -0.15) is 0 Å². The van der Waals surface area contributed by atoms with Gasteiger partial charge in [0.2, 0.25) is 6.41 Å². The van der Waals surface area contributed by atoms with Gasteiger partial charge in [0.1, 0.15) is 5.75 Å². The summed E-state index contributed by atoms with van der Waals surface area (Å²) in [6.07, 6.45) is 3.12. The minimum Gasteiger partial charge on any atom is -0.494 e. The molecule has 2 aromatic rings. The van der Waals surface area contributed by atoms with E-state index >= 15 is 0 Å². The molecule has 1 spiro atoms. The van der Waals surface area contributed by atoms with Gasteiger partial charge in [0.15, 0.2) is 0 Å². The number of likely N-dealkylation sites (tertiary alicyclic amines) is 1. The van der Waals surface area contributed by atoms with Crippen LogP contribution in [0.4, 0.5) is 5.69 Å². The van der Waals surface area contributed by atoms with Crippen LogP contribution in [0.25, 0.3) is 0 Å². The number of piperidine rings is 1. The molecule has 1 aliphatic carbocycles. The number of hydrogen-bond donors (Lipinski definition) is 2. The van der Waals surface area contributed by atoms with Crippen molar-refractivity contribution in [3.8, 4) is 17.6 Å². The average Bonchev–Trinajstić information content (AvgIpc) is 3.40. The van der Waals surface area contributed by atoms with E-state index in [4.69, 9.17) is 4.74 Å². The molecule has 0 radical (unpaired) electrons. The Bertz CT molecular complexity index is 943. The molecule has 2 aliphatic heterocycles. The van der Waals surface area contributed by atoms with E-state index in [1.807, 2.05) is 48.5 Å². The minimum atomic E-state index is 0.659. The Morgan fingerprint density at radius 3 is 2.52 bits per heavy atom. The molecule has 2 N–H and O–H groups in total. The van der Waals surface area contributed by atoms with E-state index in [1.54, 1.807) is 0 Å². The Morgan fingerprint density at radius 1 is 1.14 bits per heavy atom. The molecule has 3 aliphatic rings. The van der Waals surface area contributed by atoms with E-state index in [2.05, 4.69) is 27.4 Å². The zero-order valence-corrected chi connectivity index (χ0v) is 16.4. The smallest absolute Gasteiger partial charge is 0.211 e. The second-order valence-electron chi connectivity index (χ2n) is 8.20. The Morgan fingerprint density at radius 2 is 1.86 bits per heavy atom. The largest absolute Gasteiger partial charge is 0.494 e. The van der Waals surface area contributed by atoms with Gasteiger partial charge in [-0.3, -0.25) is 9.69 Å². The number of anilines is 1. The van der Waals surface area contributed by atoms with E-state index in [0.29, 0.717) is 11.8 Å². The highest BCUT2D eigenvalue weighted by Crippen LogP contribution is 2.60. The first-order chi connectivity index (χ1) is 14.3. The van der Waals surface area contributed by atoms with Gasteiger partial charge in [0.05, 0.1) is 6.61 Å². The van der Waals surface area contributed by atoms with Crippen molar-refractivity contribution in [1.29, 1.82) is 0 Å². The third-order valence-electron chi connectivity index (χ3n) is 6.45. The van der Waals surface area contributed by atoms with Crippen LogP contribution in [0.3, 0.4) is 0 Å². The molecule has 1 amide bonds. The molecule has 148 valence electrons. The van der Waals surface area contributed by atoms with E-state index in [0.717, 1.165) is 54.2 Å². The summed E-state index contributed by atoms with van der Waals surface area (Å²) < 4.78 is 5.90. The van der Waals surface area contributed by atoms with Crippen molar-refractivity contribution in [3.63, 3.8) is 0 Å². The Kier molecular flexibility index (Phi) is 4.75. The first-order valence-corrected chi connectivity index (χ1v) is 10.3. The van der Waals surface area contributed by atoms with Crippen molar-refractivity contribution in [1.82, 2.24) is 10.2 Å². The van der Waals surface area contributed by atoms with Crippen LogP contribution in [0.1, 0.15) is 24.0 Å². The molecule has 3 fully saturated rings. The van der Waals surface area contributed by atoms with Crippen LogP contribution in [-0.2, 0) is 4.79 Å². The molecular formula is C24H25N3O2. The lowest BCUT2D eigenvalue weighted by molar-refractivity contribution is -0.105. The first-order valence-electron chi connectivity index (χ1n) is 10.3. The Hall–Kier alpha value is -2.81. The highest BCUT2D eigenvalue weighted by Gasteiger charge is 2.70. The monoisotopic (exact) mass is 387 g/mol. The van der Waals surface area contributed by atoms with E-state index in [9.17, 15) is 4.79 Å². The summed E-state index contributed by atoms with van der Waals surface area (Å²) in [7, 11) is 0. The predicted molar refractivity (Wildman–Crippen MR) is 113 cm³/mol. The van der Waals surface area contributed by atoms with Crippen LogP contribution in [-0.4, -0.2) is 49.6 Å². The second-order valence-corrected chi connectivity index (χ2v) is 8.20. The topological polar surface area (TPSA) is 53.6 Å². The quantitative estimate of drug-likeness (QED) is 0.435. The SMILES string of the molecule is O=CNc1ccc(C#Cc2ccc(OCCCN3CC45CC4NCC35)cc2)cc1. The lowest BCUT2D eigenvalue weighted by Crippen LogP contribution is -2.58. The fraction of sp³-hybridized carbons (Fsp3) is 0.375. The summed E-state index contributed by atoms with van der Waals surface area (Å²) in [4.78, 5) is 13.0. The Balaban J connectivity index is 1.06. The molecule has 5 rings (SSSR count). The van der Waals surface area contributed by atoms with E-state index < -0.39 is 0 Å². The average molecular weight is 387 g/mol. The van der Waals surface area contributed by atoms with Crippen LogP contribution in [0.15, 0.2) is 48.5 Å². The number of rotatable bonds is 7. The highest BCUT2D eigenvalue weighted by atomic mass is 16.5. The maximum atomic E-state index is 10.4. The van der Waals surface area contributed by atoms with Crippen LogP contribution in [0.2, 0.25) is 0 Å². The third kappa shape index (κ3) is 3.62. The van der Waals surface area contributed by atoms with Crippen LogP contribution in [0, 0.1) is 17.3 Å². The van der Waals surface area contributed by atoms with Gasteiger partial charge in [-0.25, -0.2) is 0 Å². The van der Waals surface area contributed by atoms with E-state index in [-0.39, 0.29) is 0 Å². The molecule has 2 heterocycles. The molecule has 0 bridgehead atoms. The number of benzene rings is 2. The summed E-state index contributed by atoms with van der Waals surface area (Å²) in [6.45, 7) is 4.33. The fourth-order valence-corrected chi connectivity index (χ4v) is 4.76. The second kappa shape index (κ2) is 7.55. The minimum absolute atomic E-state index is 0.659. The summed E-state index contributed by atoms with van der Waals surface area (Å²) >= 11 is 0. The molecule has 29 heavy (non-hydrogen) atoms. The molecule has 3 atom stereocenters. The first kappa shape index (κ1) is 18.2. The molecule has 3 unspecified atom stereocenters. The number of nitrogens with zero attached hydrogens (tertiary/aromatic N) is 1. The van der Waals surface area contributed by atoms with Crippen LogP contribution < -0.4 is 15.4 Å². The predicted octanol–water partition coefficient (Wildman–Crippen LogP) is 2.47. The fourth-order valence-electron chi connectivity index (χ4n) is 4.76. The molecule has 5 nitrogen and oxygen atoms in total. The molecule has 2 aromatic carbocycles. The van der Waals surface area contributed by atoms with Crippen molar-refractivity contribution in [3.05, 3.63) is 59.7 Å². The Labute approximate surface area is 171 Å². The number of ether oxygens (including phenoxy) is 1. The van der Waals surface area contributed by atoms with Crippen molar-refractivity contribution in [2.24, 2.45) is 5.41 Å². The van der Waals surface area contributed by atoms with Gasteiger partial charge in [-0.05, 0) is 61.4 Å². The number of nitrogens with one attached hydrogen (secondary N) is 2. The van der Waals surface area contributed by atoms with Crippen molar-refractivity contribution in [2.75, 3.05) is 31.6 Å². The third-order valence-corrected chi connectivity index (χ3v) is 6.45. The lowest BCUT2D eigenvalue weighted by atomic mass is 9.86. The number of amides is 1. The van der Waals surface area contributed by atoms with Gasteiger partial charge < -0.3 is 15.4 Å². The lowest BCUT2D eigenvalue weighted by Gasteiger charge is -2.46. The summed E-state index contributed by atoms with van der Waals surface area (Å²) in [5.41, 5.74) is 3.28. The molecule has 5 heteroatoms. The van der Waals surface area contributed by atoms with Gasteiger partial charge >= 0.3 is 0 Å². The van der Waals surface area contributed by atoms with Crippen molar-refractivity contribution in [2.45, 2.75) is 24.9 Å². The van der Waals surface area contributed by atoms with Crippen LogP contribution in [0.5, 0.6) is 5.75 Å².